The van der Waals surface area contributed by atoms with Gasteiger partial charge in [-0.05, 0) is 44.6 Å². The molecule has 2 saturated carbocycles. The summed E-state index contributed by atoms with van der Waals surface area (Å²) in [5, 5.41) is 9.72. The molecule has 2 fully saturated rings. The molecular weight excluding hydrogens is 519 g/mol. The van der Waals surface area contributed by atoms with Crippen molar-refractivity contribution < 1.29 is 14.3 Å². The topological polar surface area (TPSA) is 84.0 Å². The molecule has 3 N–H and O–H groups in total. The molecule has 2 aliphatic rings. The summed E-state index contributed by atoms with van der Waals surface area (Å²) in [5.41, 5.74) is 1.03. The number of hydrogen-bond donors (Lipinski definition) is 3. The Balaban J connectivity index is 0.00000363. The lowest BCUT2D eigenvalue weighted by molar-refractivity contribution is -0.121. The summed E-state index contributed by atoms with van der Waals surface area (Å²) in [7, 11) is 3.41. The quantitative estimate of drug-likeness (QED) is 0.241. The summed E-state index contributed by atoms with van der Waals surface area (Å²) in [6, 6.07) is 6.31. The molecule has 1 amide bonds. The Morgan fingerprint density at radius 2 is 1.78 bits per heavy atom. The van der Waals surface area contributed by atoms with Crippen LogP contribution in [-0.2, 0) is 11.3 Å². The number of guanidine groups is 1. The zero-order chi connectivity index (χ0) is 21.9. The largest absolute Gasteiger partial charge is 0.493 e. The van der Waals surface area contributed by atoms with Gasteiger partial charge in [0, 0.05) is 38.2 Å². The second kappa shape index (κ2) is 14.4. The number of aliphatic imine (C=N–C) groups is 1. The Morgan fingerprint density at radius 3 is 2.47 bits per heavy atom. The molecule has 3 rings (SSSR count). The Bertz CT molecular complexity index is 732. The van der Waals surface area contributed by atoms with Crippen molar-refractivity contribution >= 4 is 35.8 Å². The zero-order valence-corrected chi connectivity index (χ0v) is 21.8. The molecule has 0 heterocycles. The average molecular weight is 559 g/mol. The summed E-state index contributed by atoms with van der Waals surface area (Å²) < 4.78 is 11.8. The number of nitrogens with one attached hydrogen (secondary N) is 3. The van der Waals surface area contributed by atoms with Crippen LogP contribution in [0.5, 0.6) is 11.5 Å². The molecule has 0 radical (unpaired) electrons. The Hall–Kier alpha value is -1.71. The molecule has 7 nitrogen and oxygen atoms in total. The van der Waals surface area contributed by atoms with Crippen LogP contribution in [0.1, 0.15) is 69.8 Å². The summed E-state index contributed by atoms with van der Waals surface area (Å²) in [6.07, 6.45) is 11.3. The molecule has 1 aromatic carbocycles. The fourth-order valence-electron chi connectivity index (χ4n) is 4.41. The SMILES string of the molecule is CN=C(NCCC(=O)NC1CCCCC1)NCc1cccc(OC)c1OC1CCCC1.I. The van der Waals surface area contributed by atoms with E-state index in [4.69, 9.17) is 9.47 Å². The molecule has 0 spiro atoms. The third kappa shape index (κ3) is 8.33. The number of nitrogens with zero attached hydrogens (tertiary/aromatic N) is 1. The molecule has 0 aromatic heterocycles. The van der Waals surface area contributed by atoms with Crippen LogP contribution in [0.4, 0.5) is 0 Å². The molecule has 0 unspecified atom stereocenters. The molecule has 2 aliphatic carbocycles. The van der Waals surface area contributed by atoms with Crippen LogP contribution < -0.4 is 25.4 Å². The maximum atomic E-state index is 12.2. The van der Waals surface area contributed by atoms with Gasteiger partial charge in [-0.2, -0.15) is 0 Å². The van der Waals surface area contributed by atoms with Crippen LogP contribution in [-0.4, -0.2) is 44.7 Å². The molecule has 0 saturated heterocycles. The van der Waals surface area contributed by atoms with E-state index in [1.165, 1.54) is 32.1 Å². The predicted molar refractivity (Wildman–Crippen MR) is 139 cm³/mol. The van der Waals surface area contributed by atoms with E-state index in [9.17, 15) is 4.79 Å². The summed E-state index contributed by atoms with van der Waals surface area (Å²) in [5.74, 6) is 2.34. The van der Waals surface area contributed by atoms with E-state index in [1.807, 2.05) is 18.2 Å². The number of para-hydroxylation sites is 1. The number of methoxy groups -OCH3 is 1. The predicted octanol–water partition coefficient (Wildman–Crippen LogP) is 4.14. The molecule has 0 bridgehead atoms. The maximum absolute atomic E-state index is 12.2. The van der Waals surface area contributed by atoms with E-state index in [-0.39, 0.29) is 36.0 Å². The molecule has 0 aliphatic heterocycles. The highest BCUT2D eigenvalue weighted by Crippen LogP contribution is 2.34. The normalized spacial score (nSPS) is 17.4. The number of carbonyl (C=O) groups excluding carboxylic acids is 1. The molecule has 8 heteroatoms. The van der Waals surface area contributed by atoms with Gasteiger partial charge in [-0.1, -0.05) is 31.4 Å². The van der Waals surface area contributed by atoms with Crippen LogP contribution in [0.3, 0.4) is 0 Å². The van der Waals surface area contributed by atoms with Crippen molar-refractivity contribution in [2.24, 2.45) is 4.99 Å². The van der Waals surface area contributed by atoms with E-state index in [0.29, 0.717) is 31.5 Å². The number of halogens is 1. The van der Waals surface area contributed by atoms with E-state index >= 15 is 0 Å². The van der Waals surface area contributed by atoms with Crippen molar-refractivity contribution in [1.82, 2.24) is 16.0 Å². The minimum Gasteiger partial charge on any atom is -0.493 e. The lowest BCUT2D eigenvalue weighted by atomic mass is 9.95. The standard InChI is InChI=1S/C24H38N4O3.HI/c1-25-24(26-16-15-22(29)28-19-10-4-3-5-11-19)27-17-18-9-8-14-21(30-2)23(18)31-20-12-6-7-13-20;/h8-9,14,19-20H,3-7,10-13,15-17H2,1-2H3,(H,28,29)(H2,25,26,27);1H. The Labute approximate surface area is 209 Å². The number of rotatable bonds is 9. The van der Waals surface area contributed by atoms with Gasteiger partial charge >= 0.3 is 0 Å². The van der Waals surface area contributed by atoms with Crippen LogP contribution >= 0.6 is 24.0 Å². The first-order valence-corrected chi connectivity index (χ1v) is 11.8. The van der Waals surface area contributed by atoms with Gasteiger partial charge in [-0.3, -0.25) is 9.79 Å². The monoisotopic (exact) mass is 558 g/mol. The Kier molecular flexibility index (Phi) is 12.0. The number of benzene rings is 1. The van der Waals surface area contributed by atoms with Crippen molar-refractivity contribution in [3.05, 3.63) is 23.8 Å². The van der Waals surface area contributed by atoms with Crippen molar-refractivity contribution in [2.75, 3.05) is 20.7 Å². The first kappa shape index (κ1) is 26.5. The highest BCUT2D eigenvalue weighted by molar-refractivity contribution is 14.0. The van der Waals surface area contributed by atoms with E-state index in [0.717, 1.165) is 42.7 Å². The lowest BCUT2D eigenvalue weighted by Gasteiger charge is -2.23. The maximum Gasteiger partial charge on any atom is 0.221 e. The van der Waals surface area contributed by atoms with E-state index in [1.54, 1.807) is 14.2 Å². The van der Waals surface area contributed by atoms with Gasteiger partial charge < -0.3 is 25.4 Å². The molecule has 0 atom stereocenters. The summed E-state index contributed by atoms with van der Waals surface area (Å²) in [6.45, 7) is 1.11. The van der Waals surface area contributed by atoms with Crippen molar-refractivity contribution in [1.29, 1.82) is 0 Å². The number of carbonyl (C=O) groups is 1. The number of amides is 1. The minimum absolute atomic E-state index is 0. The highest BCUT2D eigenvalue weighted by atomic mass is 127. The van der Waals surface area contributed by atoms with Crippen LogP contribution in [0.2, 0.25) is 0 Å². The highest BCUT2D eigenvalue weighted by Gasteiger charge is 2.20. The van der Waals surface area contributed by atoms with Crippen molar-refractivity contribution in [3.8, 4) is 11.5 Å². The van der Waals surface area contributed by atoms with E-state index < -0.39 is 0 Å². The smallest absolute Gasteiger partial charge is 0.221 e. The fourth-order valence-corrected chi connectivity index (χ4v) is 4.41. The molecule has 180 valence electrons. The van der Waals surface area contributed by atoms with Crippen LogP contribution in [0, 0.1) is 0 Å². The lowest BCUT2D eigenvalue weighted by Crippen LogP contribution is -2.41. The number of hydrogen-bond acceptors (Lipinski definition) is 4. The van der Waals surface area contributed by atoms with Gasteiger partial charge in [0.05, 0.1) is 13.2 Å². The van der Waals surface area contributed by atoms with Gasteiger partial charge in [0.15, 0.2) is 17.5 Å². The Morgan fingerprint density at radius 1 is 1.06 bits per heavy atom. The second-order valence-electron chi connectivity index (χ2n) is 8.48. The average Bonchev–Trinajstić information content (AvgIpc) is 3.30. The van der Waals surface area contributed by atoms with Crippen molar-refractivity contribution in [2.45, 2.75) is 82.9 Å². The summed E-state index contributed by atoms with van der Waals surface area (Å²) >= 11 is 0. The fraction of sp³-hybridized carbons (Fsp3) is 0.667. The molecule has 1 aromatic rings. The first-order chi connectivity index (χ1) is 15.2. The third-order valence-electron chi connectivity index (χ3n) is 6.15. The van der Waals surface area contributed by atoms with Crippen LogP contribution in [0.25, 0.3) is 0 Å². The van der Waals surface area contributed by atoms with Gasteiger partial charge in [0.2, 0.25) is 5.91 Å². The van der Waals surface area contributed by atoms with Gasteiger partial charge in [-0.15, -0.1) is 24.0 Å². The molecule has 32 heavy (non-hydrogen) atoms. The molecular formula is C24H39IN4O3. The van der Waals surface area contributed by atoms with Gasteiger partial charge in [0.25, 0.3) is 0 Å². The summed E-state index contributed by atoms with van der Waals surface area (Å²) in [4.78, 5) is 16.5. The van der Waals surface area contributed by atoms with E-state index in [2.05, 4.69) is 20.9 Å². The van der Waals surface area contributed by atoms with Gasteiger partial charge in [-0.25, -0.2) is 0 Å². The third-order valence-corrected chi connectivity index (χ3v) is 6.15. The first-order valence-electron chi connectivity index (χ1n) is 11.8. The van der Waals surface area contributed by atoms with Gasteiger partial charge in [0.1, 0.15) is 0 Å². The zero-order valence-electron chi connectivity index (χ0n) is 19.5. The minimum atomic E-state index is 0. The number of ether oxygens (including phenoxy) is 2. The van der Waals surface area contributed by atoms with Crippen molar-refractivity contribution in [3.63, 3.8) is 0 Å². The van der Waals surface area contributed by atoms with Crippen LogP contribution in [0.15, 0.2) is 23.2 Å². The second-order valence-corrected chi connectivity index (χ2v) is 8.48.